The van der Waals surface area contributed by atoms with Crippen LogP contribution in [0.1, 0.15) is 11.7 Å². The van der Waals surface area contributed by atoms with Gasteiger partial charge < -0.3 is 9.84 Å². The number of benzene rings is 1. The predicted molar refractivity (Wildman–Crippen MR) is 46.7 cm³/mol. The van der Waals surface area contributed by atoms with Crippen LogP contribution in [0.2, 0.25) is 0 Å². The van der Waals surface area contributed by atoms with Gasteiger partial charge in [0, 0.05) is 11.6 Å². The minimum Gasteiger partial charge on any atom is -0.497 e. The average molecular weight is 180 g/mol. The molecule has 0 bridgehead atoms. The summed E-state index contributed by atoms with van der Waals surface area (Å²) in [6.45, 7) is 0. The summed E-state index contributed by atoms with van der Waals surface area (Å²) >= 11 is 0. The number of rotatable bonds is 2. The molecule has 0 saturated carbocycles. The van der Waals surface area contributed by atoms with Crippen LogP contribution < -0.4 is 4.74 Å². The molecule has 1 rings (SSSR count). The largest absolute Gasteiger partial charge is 0.497 e. The zero-order chi connectivity index (χ0) is 9.84. The first kappa shape index (κ1) is 9.56. The molecule has 1 atom stereocenters. The van der Waals surface area contributed by atoms with Crippen molar-refractivity contribution < 1.29 is 14.2 Å². The van der Waals surface area contributed by atoms with Crippen LogP contribution in [0.15, 0.2) is 18.2 Å². The monoisotopic (exact) mass is 180 g/mol. The van der Waals surface area contributed by atoms with Gasteiger partial charge in [0.15, 0.2) is 0 Å². The third kappa shape index (κ3) is 1.98. The molecule has 13 heavy (non-hydrogen) atoms. The van der Waals surface area contributed by atoms with Crippen LogP contribution >= 0.6 is 0 Å². The highest BCUT2D eigenvalue weighted by molar-refractivity contribution is 5.32. The van der Waals surface area contributed by atoms with Gasteiger partial charge in [-0.15, -0.1) is 6.42 Å². The lowest BCUT2D eigenvalue weighted by Gasteiger charge is -2.06. The summed E-state index contributed by atoms with van der Waals surface area (Å²) in [5.74, 6) is 1.86. The van der Waals surface area contributed by atoms with Crippen molar-refractivity contribution in [1.29, 1.82) is 0 Å². The Kier molecular flexibility index (Phi) is 2.88. The summed E-state index contributed by atoms with van der Waals surface area (Å²) in [4.78, 5) is 0. The number of terminal acetylenes is 1. The first-order chi connectivity index (χ1) is 6.19. The van der Waals surface area contributed by atoms with Crippen LogP contribution in [0.3, 0.4) is 0 Å². The number of ether oxygens (including phenoxy) is 1. The van der Waals surface area contributed by atoms with Crippen molar-refractivity contribution >= 4 is 0 Å². The van der Waals surface area contributed by atoms with E-state index in [9.17, 15) is 4.39 Å². The molecule has 0 aromatic heterocycles. The maximum atomic E-state index is 13.1. The van der Waals surface area contributed by atoms with E-state index >= 15 is 0 Å². The van der Waals surface area contributed by atoms with Crippen LogP contribution in [-0.4, -0.2) is 12.2 Å². The summed E-state index contributed by atoms with van der Waals surface area (Å²) in [6, 6.07) is 4.12. The quantitative estimate of drug-likeness (QED) is 0.699. The third-order valence-corrected chi connectivity index (χ3v) is 1.66. The summed E-state index contributed by atoms with van der Waals surface area (Å²) in [5.41, 5.74) is 0.0864. The second kappa shape index (κ2) is 3.92. The van der Waals surface area contributed by atoms with E-state index < -0.39 is 11.9 Å². The molecule has 2 nitrogen and oxygen atoms in total. The fraction of sp³-hybridized carbons (Fsp3) is 0.200. The summed E-state index contributed by atoms with van der Waals surface area (Å²) < 4.78 is 17.9. The lowest BCUT2D eigenvalue weighted by molar-refractivity contribution is 0.232. The van der Waals surface area contributed by atoms with Crippen LogP contribution in [0.4, 0.5) is 4.39 Å². The Labute approximate surface area is 76.0 Å². The van der Waals surface area contributed by atoms with Crippen molar-refractivity contribution in [3.05, 3.63) is 29.6 Å². The van der Waals surface area contributed by atoms with E-state index in [4.69, 9.17) is 16.3 Å². The molecule has 0 saturated heterocycles. The lowest BCUT2D eigenvalue weighted by atomic mass is 10.1. The Morgan fingerprint density at radius 3 is 2.77 bits per heavy atom. The maximum Gasteiger partial charge on any atom is 0.142 e. The van der Waals surface area contributed by atoms with Crippen molar-refractivity contribution in [3.63, 3.8) is 0 Å². The van der Waals surface area contributed by atoms with Gasteiger partial charge >= 0.3 is 0 Å². The van der Waals surface area contributed by atoms with Gasteiger partial charge in [0.05, 0.1) is 7.11 Å². The molecule has 0 heterocycles. The Bertz CT molecular complexity index is 341. The molecule has 0 spiro atoms. The van der Waals surface area contributed by atoms with Gasteiger partial charge in [-0.25, -0.2) is 4.39 Å². The maximum absolute atomic E-state index is 13.1. The Balaban J connectivity index is 3.06. The normalized spacial score (nSPS) is 11.8. The molecule has 0 radical (unpaired) electrons. The number of hydrogen-bond acceptors (Lipinski definition) is 2. The zero-order valence-electron chi connectivity index (χ0n) is 7.12. The predicted octanol–water partition coefficient (Wildman–Crippen LogP) is 1.50. The molecule has 1 aromatic rings. The first-order valence-electron chi connectivity index (χ1n) is 3.66. The van der Waals surface area contributed by atoms with E-state index in [1.54, 1.807) is 6.07 Å². The number of methoxy groups -OCH3 is 1. The highest BCUT2D eigenvalue weighted by Gasteiger charge is 2.10. The van der Waals surface area contributed by atoms with Crippen LogP contribution in [0.25, 0.3) is 0 Å². The minimum atomic E-state index is -1.20. The molecule has 0 fully saturated rings. The zero-order valence-corrected chi connectivity index (χ0v) is 7.12. The van der Waals surface area contributed by atoms with Gasteiger partial charge in [0.1, 0.15) is 17.7 Å². The number of hydrogen-bond donors (Lipinski definition) is 1. The molecule has 1 unspecified atom stereocenters. The molecular formula is C10H9FO2. The van der Waals surface area contributed by atoms with Crippen LogP contribution in [0.5, 0.6) is 5.75 Å². The van der Waals surface area contributed by atoms with E-state index in [1.165, 1.54) is 19.2 Å². The van der Waals surface area contributed by atoms with Crippen molar-refractivity contribution in [2.45, 2.75) is 6.10 Å². The van der Waals surface area contributed by atoms with Gasteiger partial charge in [-0.2, -0.15) is 0 Å². The van der Waals surface area contributed by atoms with E-state index in [2.05, 4.69) is 0 Å². The van der Waals surface area contributed by atoms with Gasteiger partial charge in [0.2, 0.25) is 0 Å². The van der Waals surface area contributed by atoms with Gasteiger partial charge in [0.25, 0.3) is 0 Å². The fourth-order valence-corrected chi connectivity index (χ4v) is 0.946. The average Bonchev–Trinajstić information content (AvgIpc) is 2.16. The van der Waals surface area contributed by atoms with E-state index in [0.717, 1.165) is 0 Å². The Morgan fingerprint density at radius 2 is 2.31 bits per heavy atom. The minimum absolute atomic E-state index is 0.0864. The van der Waals surface area contributed by atoms with Gasteiger partial charge in [-0.05, 0) is 12.1 Å². The molecule has 3 heteroatoms. The SMILES string of the molecule is C#CC(O)c1ccc(OC)cc1F. The lowest BCUT2D eigenvalue weighted by Crippen LogP contribution is -1.97. The second-order valence-electron chi connectivity index (χ2n) is 2.46. The highest BCUT2D eigenvalue weighted by Crippen LogP contribution is 2.21. The topological polar surface area (TPSA) is 29.5 Å². The fourth-order valence-electron chi connectivity index (χ4n) is 0.946. The molecule has 0 aliphatic heterocycles. The van der Waals surface area contributed by atoms with E-state index in [-0.39, 0.29) is 5.56 Å². The summed E-state index contributed by atoms with van der Waals surface area (Å²) in [5, 5.41) is 9.16. The molecule has 0 aliphatic carbocycles. The highest BCUT2D eigenvalue weighted by atomic mass is 19.1. The van der Waals surface area contributed by atoms with Crippen LogP contribution in [-0.2, 0) is 0 Å². The summed E-state index contributed by atoms with van der Waals surface area (Å²) in [7, 11) is 1.44. The van der Waals surface area contributed by atoms with Crippen LogP contribution in [0, 0.1) is 18.2 Å². The van der Waals surface area contributed by atoms with Crippen molar-refractivity contribution in [3.8, 4) is 18.1 Å². The number of halogens is 1. The molecule has 0 aliphatic rings. The van der Waals surface area contributed by atoms with E-state index in [1.807, 2.05) is 5.92 Å². The third-order valence-electron chi connectivity index (χ3n) is 1.66. The molecular weight excluding hydrogens is 171 g/mol. The second-order valence-corrected chi connectivity index (χ2v) is 2.46. The Hall–Kier alpha value is -1.53. The molecule has 1 aromatic carbocycles. The van der Waals surface area contributed by atoms with Crippen molar-refractivity contribution in [2.75, 3.05) is 7.11 Å². The van der Waals surface area contributed by atoms with E-state index in [0.29, 0.717) is 5.75 Å². The standard InChI is InChI=1S/C10H9FO2/c1-3-10(12)8-5-4-7(13-2)6-9(8)11/h1,4-6,10,12H,2H3. The smallest absolute Gasteiger partial charge is 0.142 e. The molecule has 0 amide bonds. The molecule has 1 N–H and O–H groups in total. The Morgan fingerprint density at radius 1 is 1.62 bits per heavy atom. The van der Waals surface area contributed by atoms with Gasteiger partial charge in [-0.3, -0.25) is 0 Å². The van der Waals surface area contributed by atoms with Crippen molar-refractivity contribution in [2.24, 2.45) is 0 Å². The number of aliphatic hydroxyl groups excluding tert-OH is 1. The molecule has 68 valence electrons. The summed E-state index contributed by atoms with van der Waals surface area (Å²) in [6.07, 6.45) is 3.74. The first-order valence-corrected chi connectivity index (χ1v) is 3.66. The number of aliphatic hydroxyl groups is 1. The van der Waals surface area contributed by atoms with Crippen molar-refractivity contribution in [1.82, 2.24) is 0 Å². The van der Waals surface area contributed by atoms with Gasteiger partial charge in [-0.1, -0.05) is 5.92 Å².